The summed E-state index contributed by atoms with van der Waals surface area (Å²) in [5.41, 5.74) is 1.86. The minimum Gasteiger partial charge on any atom is -0.390 e. The Hall–Kier alpha value is -2.41. The Morgan fingerprint density at radius 3 is 2.86 bits per heavy atom. The molecule has 110 valence electrons. The summed E-state index contributed by atoms with van der Waals surface area (Å²) in [6.45, 7) is -0.420. The van der Waals surface area contributed by atoms with Crippen LogP contribution < -0.4 is 10.6 Å². The number of urea groups is 1. The van der Waals surface area contributed by atoms with Gasteiger partial charge in [-0.25, -0.2) is 4.79 Å². The van der Waals surface area contributed by atoms with Crippen molar-refractivity contribution in [2.24, 2.45) is 0 Å². The molecule has 1 aromatic rings. The van der Waals surface area contributed by atoms with Crippen molar-refractivity contribution in [3.05, 3.63) is 35.4 Å². The van der Waals surface area contributed by atoms with Gasteiger partial charge in [-0.05, 0) is 11.1 Å². The maximum absolute atomic E-state index is 12.0. The maximum Gasteiger partial charge on any atom is 0.325 e. The van der Waals surface area contributed by atoms with E-state index in [1.165, 1.54) is 0 Å². The highest BCUT2D eigenvalue weighted by Crippen LogP contribution is 2.31. The average Bonchev–Trinajstić information content (AvgIpc) is 2.93. The Bertz CT molecular complexity index is 600. The summed E-state index contributed by atoms with van der Waals surface area (Å²) >= 11 is 0. The van der Waals surface area contributed by atoms with Crippen molar-refractivity contribution in [3.63, 3.8) is 0 Å². The molecule has 1 saturated heterocycles. The third kappa shape index (κ3) is 2.47. The Labute approximate surface area is 120 Å². The highest BCUT2D eigenvalue weighted by molar-refractivity contribution is 6.04. The second kappa shape index (κ2) is 5.17. The third-order valence-corrected chi connectivity index (χ3v) is 3.76. The molecule has 1 aromatic carbocycles. The highest BCUT2D eigenvalue weighted by Gasteiger charge is 2.34. The number of benzene rings is 1. The van der Waals surface area contributed by atoms with Crippen molar-refractivity contribution < 1.29 is 19.5 Å². The van der Waals surface area contributed by atoms with E-state index in [4.69, 9.17) is 0 Å². The minimum atomic E-state index is -0.700. The molecule has 1 fully saturated rings. The molecule has 7 heteroatoms. The summed E-state index contributed by atoms with van der Waals surface area (Å²) in [6, 6.07) is 6.40. The number of amides is 4. The zero-order valence-corrected chi connectivity index (χ0v) is 11.2. The first-order valence-electron chi connectivity index (χ1n) is 6.69. The van der Waals surface area contributed by atoms with Crippen LogP contribution in [-0.2, 0) is 16.0 Å². The first kappa shape index (κ1) is 13.6. The molecular weight excluding hydrogens is 274 g/mol. The molecule has 0 bridgehead atoms. The second-order valence-electron chi connectivity index (χ2n) is 5.15. The van der Waals surface area contributed by atoms with Gasteiger partial charge in [0.05, 0.1) is 18.7 Å². The third-order valence-electron chi connectivity index (χ3n) is 3.76. The predicted octanol–water partition coefficient (Wildman–Crippen LogP) is -0.687. The number of fused-ring (bicyclic) bond motifs is 1. The smallest absolute Gasteiger partial charge is 0.325 e. The van der Waals surface area contributed by atoms with Gasteiger partial charge in [-0.2, -0.15) is 0 Å². The molecular formula is C14H15N3O4. The molecule has 0 saturated carbocycles. The van der Waals surface area contributed by atoms with Gasteiger partial charge in [0.15, 0.2) is 0 Å². The van der Waals surface area contributed by atoms with Crippen LogP contribution in [0, 0.1) is 0 Å². The molecule has 3 N–H and O–H groups in total. The van der Waals surface area contributed by atoms with E-state index in [0.717, 1.165) is 16.0 Å². The highest BCUT2D eigenvalue weighted by atomic mass is 16.3. The first-order chi connectivity index (χ1) is 10.1. The van der Waals surface area contributed by atoms with Crippen LogP contribution in [0.3, 0.4) is 0 Å². The fourth-order valence-corrected chi connectivity index (χ4v) is 2.73. The van der Waals surface area contributed by atoms with Crippen LogP contribution in [0.4, 0.5) is 4.79 Å². The molecule has 3 rings (SSSR count). The van der Waals surface area contributed by atoms with Gasteiger partial charge in [-0.3, -0.25) is 14.5 Å². The summed E-state index contributed by atoms with van der Waals surface area (Å²) in [4.78, 5) is 35.7. The summed E-state index contributed by atoms with van der Waals surface area (Å²) < 4.78 is 0. The second-order valence-corrected chi connectivity index (χ2v) is 5.15. The van der Waals surface area contributed by atoms with E-state index in [1.54, 1.807) is 0 Å². The lowest BCUT2D eigenvalue weighted by Crippen LogP contribution is -2.43. The van der Waals surface area contributed by atoms with Crippen molar-refractivity contribution in [1.82, 2.24) is 15.5 Å². The van der Waals surface area contributed by atoms with Gasteiger partial charge in [0.2, 0.25) is 5.91 Å². The fraction of sp³-hybridized carbons (Fsp3) is 0.357. The first-order valence-corrected chi connectivity index (χ1v) is 6.69. The van der Waals surface area contributed by atoms with Crippen LogP contribution >= 0.6 is 0 Å². The van der Waals surface area contributed by atoms with E-state index in [1.807, 2.05) is 24.3 Å². The van der Waals surface area contributed by atoms with E-state index in [9.17, 15) is 19.5 Å². The standard InChI is InChI=1S/C14H15N3O4/c18-10-5-8-3-1-2-4-9(8)13(10)16-11(19)7-17-12(20)6-15-14(17)21/h1-4,10,13,18H,5-7H2,(H,15,21)(H,16,19)/t10-,13+/m1/s1. The van der Waals surface area contributed by atoms with E-state index in [0.29, 0.717) is 6.42 Å². The lowest BCUT2D eigenvalue weighted by Gasteiger charge is -2.19. The zero-order valence-electron chi connectivity index (χ0n) is 11.2. The lowest BCUT2D eigenvalue weighted by molar-refractivity contribution is -0.131. The van der Waals surface area contributed by atoms with Crippen LogP contribution in [0.5, 0.6) is 0 Å². The molecule has 0 radical (unpaired) electrons. The molecule has 0 aromatic heterocycles. The van der Waals surface area contributed by atoms with Gasteiger partial charge in [0.25, 0.3) is 5.91 Å². The SMILES string of the molecule is O=C(CN1C(=O)CNC1=O)N[C@H]1c2ccccc2C[C@H]1O. The largest absolute Gasteiger partial charge is 0.390 e. The number of carbonyl (C=O) groups excluding carboxylic acids is 3. The average molecular weight is 289 g/mol. The number of nitrogens with one attached hydrogen (secondary N) is 2. The molecule has 7 nitrogen and oxygen atoms in total. The van der Waals surface area contributed by atoms with Gasteiger partial charge in [0.1, 0.15) is 6.54 Å². The molecule has 2 aliphatic rings. The number of aliphatic hydroxyl groups is 1. The van der Waals surface area contributed by atoms with Gasteiger partial charge < -0.3 is 15.7 Å². The van der Waals surface area contributed by atoms with E-state index >= 15 is 0 Å². The molecule has 21 heavy (non-hydrogen) atoms. The van der Waals surface area contributed by atoms with Crippen molar-refractivity contribution in [2.75, 3.05) is 13.1 Å². The van der Waals surface area contributed by atoms with Gasteiger partial charge in [0, 0.05) is 6.42 Å². The predicted molar refractivity (Wildman–Crippen MR) is 72.1 cm³/mol. The Kier molecular flexibility index (Phi) is 3.34. The van der Waals surface area contributed by atoms with Crippen LogP contribution in [0.1, 0.15) is 17.2 Å². The van der Waals surface area contributed by atoms with Crippen molar-refractivity contribution >= 4 is 17.8 Å². The Morgan fingerprint density at radius 1 is 1.38 bits per heavy atom. The van der Waals surface area contributed by atoms with E-state index in [2.05, 4.69) is 10.6 Å². The van der Waals surface area contributed by atoms with Crippen LogP contribution in [0.15, 0.2) is 24.3 Å². The summed E-state index contributed by atoms with van der Waals surface area (Å²) in [6.07, 6.45) is -0.223. The number of rotatable bonds is 3. The lowest BCUT2D eigenvalue weighted by atomic mass is 10.1. The quantitative estimate of drug-likeness (QED) is 0.642. The number of hydrogen-bond acceptors (Lipinski definition) is 4. The fourth-order valence-electron chi connectivity index (χ4n) is 2.73. The summed E-state index contributed by atoms with van der Waals surface area (Å²) in [5.74, 6) is -0.899. The molecule has 2 atom stereocenters. The molecule has 0 spiro atoms. The maximum atomic E-state index is 12.0. The van der Waals surface area contributed by atoms with Crippen molar-refractivity contribution in [2.45, 2.75) is 18.6 Å². The van der Waals surface area contributed by atoms with Crippen LogP contribution in [0.2, 0.25) is 0 Å². The zero-order chi connectivity index (χ0) is 15.0. The number of imide groups is 1. The number of nitrogens with zero attached hydrogens (tertiary/aromatic N) is 1. The minimum absolute atomic E-state index is 0.0823. The number of hydrogen-bond donors (Lipinski definition) is 3. The van der Waals surface area contributed by atoms with Gasteiger partial charge >= 0.3 is 6.03 Å². The van der Waals surface area contributed by atoms with E-state index in [-0.39, 0.29) is 13.1 Å². The molecule has 1 aliphatic carbocycles. The molecule has 4 amide bonds. The summed E-state index contributed by atoms with van der Waals surface area (Å²) in [5, 5.41) is 15.1. The van der Waals surface area contributed by atoms with Crippen LogP contribution in [-0.4, -0.2) is 47.0 Å². The number of aliphatic hydroxyl groups excluding tert-OH is 1. The Balaban J connectivity index is 1.68. The van der Waals surface area contributed by atoms with Gasteiger partial charge in [-0.15, -0.1) is 0 Å². The van der Waals surface area contributed by atoms with Crippen LogP contribution in [0.25, 0.3) is 0 Å². The van der Waals surface area contributed by atoms with Crippen molar-refractivity contribution in [3.8, 4) is 0 Å². The van der Waals surface area contributed by atoms with Crippen molar-refractivity contribution in [1.29, 1.82) is 0 Å². The number of carbonyl (C=O) groups is 3. The van der Waals surface area contributed by atoms with E-state index < -0.39 is 30.0 Å². The summed E-state index contributed by atoms with van der Waals surface area (Å²) in [7, 11) is 0. The van der Waals surface area contributed by atoms with Gasteiger partial charge in [-0.1, -0.05) is 24.3 Å². The molecule has 1 aliphatic heterocycles. The topological polar surface area (TPSA) is 98.7 Å². The molecule has 1 heterocycles. The monoisotopic (exact) mass is 289 g/mol. The normalized spacial score (nSPS) is 24.0. The Morgan fingerprint density at radius 2 is 2.14 bits per heavy atom. The molecule has 0 unspecified atom stereocenters.